The number of aromatic nitrogens is 1. The van der Waals surface area contributed by atoms with E-state index >= 15 is 0 Å². The monoisotopic (exact) mass is 499 g/mol. The summed E-state index contributed by atoms with van der Waals surface area (Å²) in [4.78, 5) is 38.1. The molecule has 0 fully saturated rings. The number of amides is 2. The summed E-state index contributed by atoms with van der Waals surface area (Å²) in [5, 5.41) is 10.9. The van der Waals surface area contributed by atoms with Crippen molar-refractivity contribution in [3.8, 4) is 0 Å². The van der Waals surface area contributed by atoms with Crippen LogP contribution < -0.4 is 10.8 Å². The Morgan fingerprint density at radius 3 is 2.69 bits per heavy atom. The Hall–Kier alpha value is -2.33. The molecule has 0 radical (unpaired) electrons. The lowest BCUT2D eigenvalue weighted by molar-refractivity contribution is -0.110. The van der Waals surface area contributed by atoms with Gasteiger partial charge in [-0.2, -0.15) is 0 Å². The number of pyridine rings is 1. The summed E-state index contributed by atoms with van der Waals surface area (Å²) in [6, 6.07) is 6.21. The van der Waals surface area contributed by atoms with Crippen LogP contribution in [0.15, 0.2) is 35.5 Å². The molecule has 3 N–H and O–H groups in total. The van der Waals surface area contributed by atoms with Crippen LogP contribution in [-0.4, -0.2) is 34.2 Å². The summed E-state index contributed by atoms with van der Waals surface area (Å²) in [7, 11) is 1.29. The lowest BCUT2D eigenvalue weighted by Crippen LogP contribution is -2.28. The number of carbonyl (C=O) groups excluding carboxylic acids is 2. The van der Waals surface area contributed by atoms with E-state index in [0.29, 0.717) is 10.6 Å². The van der Waals surface area contributed by atoms with Gasteiger partial charge in [0, 0.05) is 17.6 Å². The van der Waals surface area contributed by atoms with Crippen LogP contribution in [0.1, 0.15) is 22.3 Å². The van der Waals surface area contributed by atoms with Crippen molar-refractivity contribution in [2.75, 3.05) is 12.4 Å². The van der Waals surface area contributed by atoms with Crippen molar-refractivity contribution in [2.45, 2.75) is 13.3 Å². The Bertz CT molecular complexity index is 997. The molecule has 0 atom stereocenters. The number of nitrogens with zero attached hydrogens (tertiary/aromatic N) is 2. The number of carbonyl (C=O) groups is 2. The van der Waals surface area contributed by atoms with E-state index in [2.05, 4.69) is 41.5 Å². The summed E-state index contributed by atoms with van der Waals surface area (Å²) >= 11 is 15.1. The third-order valence-electron chi connectivity index (χ3n) is 3.54. The van der Waals surface area contributed by atoms with E-state index in [-0.39, 0.29) is 38.8 Å². The minimum atomic E-state index is -0.632. The Labute approximate surface area is 185 Å². The van der Waals surface area contributed by atoms with Gasteiger partial charge in [0.1, 0.15) is 5.71 Å². The van der Waals surface area contributed by atoms with Crippen molar-refractivity contribution < 1.29 is 14.4 Å². The van der Waals surface area contributed by atoms with Crippen LogP contribution in [-0.2, 0) is 9.63 Å². The highest BCUT2D eigenvalue weighted by atomic mass is 79.9. The zero-order valence-electron chi connectivity index (χ0n) is 15.3. The largest absolute Gasteiger partial charge is 0.320 e. The fourth-order valence-electron chi connectivity index (χ4n) is 2.33. The fraction of sp³-hybridized carbons (Fsp3) is 0.167. The van der Waals surface area contributed by atoms with Gasteiger partial charge in [-0.3, -0.25) is 19.8 Å². The minimum absolute atomic E-state index is 0.0278. The maximum Gasteiger partial charge on any atom is 0.277 e. The Morgan fingerprint density at radius 2 is 2.07 bits per heavy atom. The molecule has 29 heavy (non-hydrogen) atoms. The lowest BCUT2D eigenvalue weighted by atomic mass is 10.1. The van der Waals surface area contributed by atoms with Crippen LogP contribution >= 0.6 is 39.1 Å². The maximum atomic E-state index is 12.9. The van der Waals surface area contributed by atoms with E-state index in [4.69, 9.17) is 28.6 Å². The van der Waals surface area contributed by atoms with Crippen molar-refractivity contribution in [1.82, 2.24) is 10.5 Å². The van der Waals surface area contributed by atoms with E-state index in [0.717, 1.165) is 0 Å². The number of benzene rings is 1. The van der Waals surface area contributed by atoms with Crippen LogP contribution in [0.2, 0.25) is 10.0 Å². The fourth-order valence-corrected chi connectivity index (χ4v) is 3.03. The number of rotatable bonds is 7. The molecule has 1 heterocycles. The Morgan fingerprint density at radius 1 is 1.34 bits per heavy atom. The number of aliphatic imine (C=N–C) groups is 1. The average Bonchev–Trinajstić information content (AvgIpc) is 2.64. The third kappa shape index (κ3) is 6.33. The molecule has 0 saturated carbocycles. The molecule has 0 aliphatic heterocycles. The van der Waals surface area contributed by atoms with Crippen LogP contribution in [0.5, 0.6) is 0 Å². The number of hydroxylamine groups is 1. The van der Waals surface area contributed by atoms with Crippen molar-refractivity contribution in [3.05, 3.63) is 51.6 Å². The van der Waals surface area contributed by atoms with Crippen molar-refractivity contribution in [3.63, 3.8) is 0 Å². The van der Waals surface area contributed by atoms with E-state index in [1.165, 1.54) is 19.4 Å². The lowest BCUT2D eigenvalue weighted by Gasteiger charge is -2.15. The first-order chi connectivity index (χ1) is 13.7. The Kier molecular flexibility index (Phi) is 8.27. The predicted octanol–water partition coefficient (Wildman–Crippen LogP) is 4.46. The quantitative estimate of drug-likeness (QED) is 0.384. The molecule has 0 saturated heterocycles. The van der Waals surface area contributed by atoms with Gasteiger partial charge < -0.3 is 5.32 Å². The molecule has 0 bridgehead atoms. The van der Waals surface area contributed by atoms with Gasteiger partial charge in [0.15, 0.2) is 5.82 Å². The molecule has 8 nitrogen and oxygen atoms in total. The number of hydrogen-bond donors (Lipinski definition) is 3. The van der Waals surface area contributed by atoms with Gasteiger partial charge in [-0.15, -0.1) is 0 Å². The van der Waals surface area contributed by atoms with Gasteiger partial charge in [-0.05, 0) is 52.7 Å². The summed E-state index contributed by atoms with van der Waals surface area (Å²) in [5.74, 6) is -1.08. The highest BCUT2D eigenvalue weighted by Gasteiger charge is 2.21. The topological polar surface area (TPSA) is 117 Å². The first kappa shape index (κ1) is 23.0. The number of hydrogen-bond acceptors (Lipinski definition) is 6. The molecule has 2 aromatic rings. The van der Waals surface area contributed by atoms with Crippen molar-refractivity contribution in [1.29, 1.82) is 5.41 Å². The first-order valence-corrected chi connectivity index (χ1v) is 9.63. The molecular weight excluding hydrogens is 485 g/mol. The second kappa shape index (κ2) is 10.4. The normalized spacial score (nSPS) is 11.1. The van der Waals surface area contributed by atoms with Crippen LogP contribution in [0.4, 0.5) is 11.5 Å². The van der Waals surface area contributed by atoms with Crippen molar-refractivity contribution >= 4 is 72.8 Å². The van der Waals surface area contributed by atoms with E-state index < -0.39 is 11.8 Å². The second-order valence-corrected chi connectivity index (χ2v) is 7.48. The standard InChI is InChI=1S/C18H16BrCl2N5O3/c1-9-6-10(20)7-11(17(27)26-29-2)15(9)25-18(28)13(8-14(19)22)24-16-12(21)4-3-5-23-16/h3-7,22H,8H2,1-2H3,(H,25,28)(H,26,27). The molecule has 2 rings (SSSR count). The number of aryl methyl sites for hydroxylation is 1. The van der Waals surface area contributed by atoms with Crippen LogP contribution in [0.3, 0.4) is 0 Å². The number of halogens is 3. The van der Waals surface area contributed by atoms with Gasteiger partial charge in [-0.1, -0.05) is 23.2 Å². The molecule has 0 aliphatic carbocycles. The van der Waals surface area contributed by atoms with Crippen molar-refractivity contribution in [2.24, 2.45) is 4.99 Å². The molecule has 0 aliphatic rings. The van der Waals surface area contributed by atoms with Crippen LogP contribution in [0, 0.1) is 12.3 Å². The average molecular weight is 501 g/mol. The zero-order valence-corrected chi connectivity index (χ0v) is 18.4. The predicted molar refractivity (Wildman–Crippen MR) is 117 cm³/mol. The number of anilines is 1. The molecule has 152 valence electrons. The molecule has 1 aromatic carbocycles. The summed E-state index contributed by atoms with van der Waals surface area (Å²) in [6.07, 6.45) is 1.38. The molecule has 0 spiro atoms. The highest BCUT2D eigenvalue weighted by molar-refractivity contribution is 9.18. The van der Waals surface area contributed by atoms with Gasteiger partial charge in [-0.25, -0.2) is 15.5 Å². The van der Waals surface area contributed by atoms with E-state index in [1.807, 2.05) is 0 Å². The van der Waals surface area contributed by atoms with Gasteiger partial charge >= 0.3 is 0 Å². The highest BCUT2D eigenvalue weighted by Crippen LogP contribution is 2.27. The number of nitrogens with one attached hydrogen (secondary N) is 3. The molecule has 11 heteroatoms. The van der Waals surface area contributed by atoms with E-state index in [1.54, 1.807) is 25.1 Å². The molecular formula is C18H16BrCl2N5O3. The minimum Gasteiger partial charge on any atom is -0.320 e. The second-order valence-electron chi connectivity index (χ2n) is 5.68. The molecule has 1 aromatic heterocycles. The smallest absolute Gasteiger partial charge is 0.277 e. The summed E-state index contributed by atoms with van der Waals surface area (Å²) in [5.41, 5.74) is 3.05. The van der Waals surface area contributed by atoms with E-state index in [9.17, 15) is 9.59 Å². The third-order valence-corrected chi connectivity index (χ3v) is 4.34. The summed E-state index contributed by atoms with van der Waals surface area (Å²) < 4.78 is 0.0311. The zero-order chi connectivity index (χ0) is 21.6. The molecule has 2 amide bonds. The first-order valence-electron chi connectivity index (χ1n) is 8.08. The SMILES string of the molecule is CONC(=O)c1cc(Cl)cc(C)c1NC(=O)C(CC(=N)Br)=Nc1ncccc1Cl. The van der Waals surface area contributed by atoms with Gasteiger partial charge in [0.05, 0.1) is 28.0 Å². The van der Waals surface area contributed by atoms with Gasteiger partial charge in [0.25, 0.3) is 11.8 Å². The summed E-state index contributed by atoms with van der Waals surface area (Å²) in [6.45, 7) is 1.68. The van der Waals surface area contributed by atoms with Crippen LogP contribution in [0.25, 0.3) is 0 Å². The van der Waals surface area contributed by atoms with Gasteiger partial charge in [0.2, 0.25) is 0 Å². The maximum absolute atomic E-state index is 12.9. The Balaban J connectivity index is 2.45. The molecule has 0 unspecified atom stereocenters.